The number of likely N-dealkylation sites (tertiary alicyclic amines) is 1. The number of hydrogen-bond donors (Lipinski definition) is 0. The summed E-state index contributed by atoms with van der Waals surface area (Å²) in [5.74, 6) is 0.119. The Morgan fingerprint density at radius 3 is 2.92 bits per heavy atom. The maximum atomic E-state index is 13.2. The van der Waals surface area contributed by atoms with Crippen molar-refractivity contribution in [1.29, 1.82) is 0 Å². The zero-order valence-corrected chi connectivity index (χ0v) is 14.3. The zero-order chi connectivity index (χ0) is 17.4. The molecule has 0 spiro atoms. The van der Waals surface area contributed by atoms with E-state index in [0.717, 1.165) is 44.3 Å². The molecular weight excluding hydrogens is 309 g/mol. The molecule has 1 heterocycles. The van der Waals surface area contributed by atoms with Crippen LogP contribution in [0.5, 0.6) is 0 Å². The van der Waals surface area contributed by atoms with Crippen molar-refractivity contribution in [1.82, 2.24) is 4.90 Å². The molecule has 0 aliphatic carbocycles. The van der Waals surface area contributed by atoms with E-state index in [-0.39, 0.29) is 17.7 Å². The molecule has 5 heteroatoms. The van der Waals surface area contributed by atoms with Crippen LogP contribution in [0.4, 0.5) is 4.39 Å². The molecule has 0 bridgehead atoms. The Morgan fingerprint density at radius 2 is 2.17 bits per heavy atom. The Balaban J connectivity index is 1.74. The summed E-state index contributed by atoms with van der Waals surface area (Å²) in [6, 6.07) is 6.72. The number of piperidine rings is 1. The highest BCUT2D eigenvalue weighted by atomic mass is 19.1. The third-order valence-corrected chi connectivity index (χ3v) is 4.60. The lowest BCUT2D eigenvalue weighted by molar-refractivity contribution is -0.141. The van der Waals surface area contributed by atoms with Gasteiger partial charge in [0.15, 0.2) is 0 Å². The van der Waals surface area contributed by atoms with Gasteiger partial charge in [0.05, 0.1) is 7.11 Å². The Hall–Kier alpha value is -1.91. The highest BCUT2D eigenvalue weighted by Gasteiger charge is 2.23. The van der Waals surface area contributed by atoms with E-state index in [1.165, 1.54) is 13.2 Å². The molecule has 1 fully saturated rings. The zero-order valence-electron chi connectivity index (χ0n) is 14.3. The van der Waals surface area contributed by atoms with Crippen LogP contribution < -0.4 is 0 Å². The van der Waals surface area contributed by atoms with Gasteiger partial charge in [-0.2, -0.15) is 0 Å². The summed E-state index contributed by atoms with van der Waals surface area (Å²) in [5.41, 5.74) is 1.01. The SMILES string of the molecule is COC(=O)CCCC(=O)N1CCC[C@H](CCc2cccc(F)c2)C1. The number of benzene rings is 1. The lowest BCUT2D eigenvalue weighted by Crippen LogP contribution is -2.40. The molecule has 0 unspecified atom stereocenters. The first-order chi connectivity index (χ1) is 11.6. The van der Waals surface area contributed by atoms with Crippen molar-refractivity contribution in [3.63, 3.8) is 0 Å². The predicted molar refractivity (Wildman–Crippen MR) is 89.9 cm³/mol. The third kappa shape index (κ3) is 5.95. The van der Waals surface area contributed by atoms with E-state index >= 15 is 0 Å². The smallest absolute Gasteiger partial charge is 0.305 e. The summed E-state index contributed by atoms with van der Waals surface area (Å²) in [5, 5.41) is 0. The second-order valence-corrected chi connectivity index (χ2v) is 6.45. The van der Waals surface area contributed by atoms with Crippen LogP contribution >= 0.6 is 0 Å². The lowest BCUT2D eigenvalue weighted by Gasteiger charge is -2.33. The lowest BCUT2D eigenvalue weighted by atomic mass is 9.91. The van der Waals surface area contributed by atoms with Crippen molar-refractivity contribution >= 4 is 11.9 Å². The first-order valence-corrected chi connectivity index (χ1v) is 8.67. The molecule has 1 aliphatic rings. The first kappa shape index (κ1) is 18.4. The number of amides is 1. The molecular formula is C19H26FNO3. The summed E-state index contributed by atoms with van der Waals surface area (Å²) in [6.45, 7) is 1.57. The van der Waals surface area contributed by atoms with E-state index in [0.29, 0.717) is 25.2 Å². The average molecular weight is 335 g/mol. The number of rotatable bonds is 7. The monoisotopic (exact) mass is 335 g/mol. The maximum absolute atomic E-state index is 13.2. The number of carbonyl (C=O) groups is 2. The van der Waals surface area contributed by atoms with Crippen molar-refractivity contribution in [3.05, 3.63) is 35.6 Å². The van der Waals surface area contributed by atoms with E-state index in [9.17, 15) is 14.0 Å². The van der Waals surface area contributed by atoms with E-state index in [4.69, 9.17) is 0 Å². The Labute approximate surface area is 143 Å². The minimum absolute atomic E-state index is 0.120. The van der Waals surface area contributed by atoms with Crippen LogP contribution in [0.2, 0.25) is 0 Å². The van der Waals surface area contributed by atoms with Crippen molar-refractivity contribution < 1.29 is 18.7 Å². The van der Waals surface area contributed by atoms with Crippen LogP contribution in [0.3, 0.4) is 0 Å². The molecule has 0 saturated carbocycles. The van der Waals surface area contributed by atoms with E-state index in [2.05, 4.69) is 4.74 Å². The van der Waals surface area contributed by atoms with Crippen LogP contribution in [0, 0.1) is 11.7 Å². The summed E-state index contributed by atoms with van der Waals surface area (Å²) in [7, 11) is 1.36. The number of ether oxygens (including phenoxy) is 1. The van der Waals surface area contributed by atoms with Crippen LogP contribution in [0.1, 0.15) is 44.1 Å². The number of hydrogen-bond acceptors (Lipinski definition) is 3. The number of aryl methyl sites for hydroxylation is 1. The maximum Gasteiger partial charge on any atom is 0.305 e. The van der Waals surface area contributed by atoms with E-state index in [1.807, 2.05) is 11.0 Å². The van der Waals surface area contributed by atoms with Gasteiger partial charge < -0.3 is 9.64 Å². The van der Waals surface area contributed by atoms with Gasteiger partial charge in [0.1, 0.15) is 5.82 Å². The van der Waals surface area contributed by atoms with E-state index in [1.54, 1.807) is 12.1 Å². The molecule has 1 aliphatic heterocycles. The Morgan fingerprint density at radius 1 is 1.33 bits per heavy atom. The molecule has 24 heavy (non-hydrogen) atoms. The fourth-order valence-corrected chi connectivity index (χ4v) is 3.23. The quantitative estimate of drug-likeness (QED) is 0.718. The second-order valence-electron chi connectivity index (χ2n) is 6.45. The molecule has 1 amide bonds. The third-order valence-electron chi connectivity index (χ3n) is 4.60. The number of methoxy groups -OCH3 is 1. The molecule has 0 aromatic heterocycles. The number of carbonyl (C=O) groups excluding carboxylic acids is 2. The molecule has 132 valence electrons. The minimum atomic E-state index is -0.269. The van der Waals surface area contributed by atoms with Crippen LogP contribution in [-0.4, -0.2) is 37.0 Å². The van der Waals surface area contributed by atoms with Crippen LogP contribution in [0.25, 0.3) is 0 Å². The summed E-state index contributed by atoms with van der Waals surface area (Å²) in [4.78, 5) is 25.3. The second kappa shape index (κ2) is 9.40. The number of nitrogens with zero attached hydrogens (tertiary/aromatic N) is 1. The van der Waals surface area contributed by atoms with Gasteiger partial charge in [-0.3, -0.25) is 9.59 Å². The van der Waals surface area contributed by atoms with Crippen LogP contribution in [-0.2, 0) is 20.7 Å². The average Bonchev–Trinajstić information content (AvgIpc) is 2.60. The minimum Gasteiger partial charge on any atom is -0.469 e. The molecule has 1 aromatic carbocycles. The van der Waals surface area contributed by atoms with E-state index < -0.39 is 0 Å². The molecule has 0 N–H and O–H groups in total. The van der Waals surface area contributed by atoms with Crippen molar-refractivity contribution in [2.45, 2.75) is 44.9 Å². The van der Waals surface area contributed by atoms with Gasteiger partial charge in [-0.05, 0) is 55.7 Å². The van der Waals surface area contributed by atoms with Gasteiger partial charge in [-0.1, -0.05) is 12.1 Å². The van der Waals surface area contributed by atoms with Crippen molar-refractivity contribution in [2.75, 3.05) is 20.2 Å². The topological polar surface area (TPSA) is 46.6 Å². The highest BCUT2D eigenvalue weighted by molar-refractivity contribution is 5.77. The van der Waals surface area contributed by atoms with Crippen molar-refractivity contribution in [3.8, 4) is 0 Å². The van der Waals surface area contributed by atoms with Gasteiger partial charge in [0, 0.05) is 25.9 Å². The van der Waals surface area contributed by atoms with Gasteiger partial charge in [-0.25, -0.2) is 4.39 Å². The largest absolute Gasteiger partial charge is 0.469 e. The molecule has 4 nitrogen and oxygen atoms in total. The molecule has 2 rings (SSSR count). The normalized spacial score (nSPS) is 17.6. The summed E-state index contributed by atoms with van der Waals surface area (Å²) >= 11 is 0. The Kier molecular flexibility index (Phi) is 7.22. The fourth-order valence-electron chi connectivity index (χ4n) is 3.23. The van der Waals surface area contributed by atoms with Crippen molar-refractivity contribution in [2.24, 2.45) is 5.92 Å². The molecule has 0 radical (unpaired) electrons. The first-order valence-electron chi connectivity index (χ1n) is 8.67. The van der Waals surface area contributed by atoms with Gasteiger partial charge in [0.25, 0.3) is 0 Å². The molecule has 1 saturated heterocycles. The highest BCUT2D eigenvalue weighted by Crippen LogP contribution is 2.22. The number of halogens is 1. The van der Waals surface area contributed by atoms with Crippen LogP contribution in [0.15, 0.2) is 24.3 Å². The molecule has 1 aromatic rings. The fraction of sp³-hybridized carbons (Fsp3) is 0.579. The Bertz CT molecular complexity index is 561. The number of esters is 1. The summed E-state index contributed by atoms with van der Waals surface area (Å²) < 4.78 is 17.8. The van der Waals surface area contributed by atoms with Gasteiger partial charge in [-0.15, -0.1) is 0 Å². The van der Waals surface area contributed by atoms with Gasteiger partial charge in [0.2, 0.25) is 5.91 Å². The predicted octanol–water partition coefficient (Wildman–Crippen LogP) is 3.34. The molecule has 1 atom stereocenters. The van der Waals surface area contributed by atoms with Gasteiger partial charge >= 0.3 is 5.97 Å². The summed E-state index contributed by atoms with van der Waals surface area (Å²) in [6.07, 6.45) is 5.15. The standard InChI is InChI=1S/C19H26FNO3/c1-24-19(23)9-3-8-18(22)21-12-4-6-16(14-21)11-10-15-5-2-7-17(20)13-15/h2,5,7,13,16H,3-4,6,8-12,14H2,1H3/t16-/m1/s1.